The van der Waals surface area contributed by atoms with Gasteiger partial charge in [0.25, 0.3) is 0 Å². The summed E-state index contributed by atoms with van der Waals surface area (Å²) in [5.74, 6) is -4.60. The van der Waals surface area contributed by atoms with E-state index in [1.807, 2.05) is 7.11 Å². The first-order valence-corrected chi connectivity index (χ1v) is 20.7. The van der Waals surface area contributed by atoms with Gasteiger partial charge in [-0.3, -0.25) is 9.88 Å². The minimum atomic E-state index is -1.06. The molecule has 0 saturated carbocycles. The van der Waals surface area contributed by atoms with Crippen molar-refractivity contribution in [2.24, 2.45) is 13.0 Å². The lowest BCUT2D eigenvalue weighted by molar-refractivity contribution is -0.131. The number of methoxy groups -OCH3 is 1. The summed E-state index contributed by atoms with van der Waals surface area (Å²) >= 11 is 3.35. The fourth-order valence-electron chi connectivity index (χ4n) is 9.11. The maximum absolute atomic E-state index is 12.7. The summed E-state index contributed by atoms with van der Waals surface area (Å²) in [5.41, 5.74) is 4.22. The van der Waals surface area contributed by atoms with Crippen molar-refractivity contribution >= 4 is 38.8 Å². The van der Waals surface area contributed by atoms with Gasteiger partial charge in [-0.1, -0.05) is 18.2 Å². The monoisotopic (exact) mass is 925 g/mol. The number of fused-ring (bicyclic) bond motifs is 3. The Kier molecular flexibility index (Phi) is 11.5. The molecule has 0 radical (unpaired) electrons. The lowest BCUT2D eigenvalue weighted by atomic mass is 9.69. The van der Waals surface area contributed by atoms with Gasteiger partial charge in [-0.2, -0.15) is 0 Å². The Balaban J connectivity index is 0.000000173. The number of ether oxygens (including phenoxy) is 4. The largest absolute Gasteiger partial charge is 0.508 e. The number of rotatable bonds is 7. The lowest BCUT2D eigenvalue weighted by Crippen LogP contribution is -2.59. The molecule has 1 fully saturated rings. The number of likely N-dealkylation sites (tertiary alicyclic amines) is 1. The van der Waals surface area contributed by atoms with Crippen LogP contribution in [0.25, 0.3) is 10.9 Å². The Hall–Kier alpha value is -6.69. The highest BCUT2D eigenvalue weighted by Crippen LogP contribution is 2.50. The number of halogens is 1. The molecule has 0 spiro atoms. The van der Waals surface area contributed by atoms with E-state index in [1.165, 1.54) is 52.5 Å². The molecule has 5 unspecified atom stereocenters. The number of hydrogen-bond donors (Lipinski definition) is 7. The van der Waals surface area contributed by atoms with E-state index >= 15 is 0 Å². The molecule has 4 aromatic carbocycles. The van der Waals surface area contributed by atoms with Crippen LogP contribution >= 0.6 is 15.9 Å². The van der Waals surface area contributed by atoms with Crippen LogP contribution in [0.1, 0.15) is 55.5 Å². The van der Waals surface area contributed by atoms with Crippen molar-refractivity contribution in [2.75, 3.05) is 27.3 Å². The summed E-state index contributed by atoms with van der Waals surface area (Å²) in [6.07, 6.45) is 5.08. The Bertz CT molecular complexity index is 2740. The normalized spacial score (nSPS) is 21.3. The minimum absolute atomic E-state index is 0.0461. The first kappa shape index (κ1) is 43.0. The van der Waals surface area contributed by atoms with Crippen molar-refractivity contribution in [2.45, 2.75) is 43.1 Å². The molecular weight excluding hydrogens is 882 g/mol. The molecule has 16 nitrogen and oxygen atoms in total. The highest BCUT2D eigenvalue weighted by atomic mass is 79.9. The van der Waals surface area contributed by atoms with Crippen LogP contribution < -0.4 is 4.74 Å². The van der Waals surface area contributed by atoms with E-state index in [1.54, 1.807) is 12.3 Å². The van der Waals surface area contributed by atoms with E-state index in [2.05, 4.69) is 68.9 Å². The highest BCUT2D eigenvalue weighted by Gasteiger charge is 2.52. The molecule has 1 saturated heterocycles. The zero-order valence-electron chi connectivity index (χ0n) is 34.2. The van der Waals surface area contributed by atoms with Gasteiger partial charge in [-0.05, 0) is 83.3 Å². The number of benzene rings is 4. The summed E-state index contributed by atoms with van der Waals surface area (Å²) in [5, 5.41) is 69.6. The molecule has 328 valence electrons. The first-order valence-electron chi connectivity index (χ1n) is 19.9. The number of pyridine rings is 1. The molecule has 3 aliphatic rings. The molecule has 6 aromatic rings. The number of nitrogens with zero attached hydrogens (tertiary/aromatic N) is 3. The molecule has 9 rings (SSSR count). The lowest BCUT2D eigenvalue weighted by Gasteiger charge is -2.53. The number of phenolic OH excluding ortho intramolecular Hbond substituents is 7. The van der Waals surface area contributed by atoms with Gasteiger partial charge >= 0.3 is 11.9 Å². The quantitative estimate of drug-likeness (QED) is 0.0675. The summed E-state index contributed by atoms with van der Waals surface area (Å²) in [6.45, 7) is 1.21. The van der Waals surface area contributed by atoms with E-state index in [4.69, 9.17) is 18.9 Å². The molecule has 2 aromatic heterocycles. The van der Waals surface area contributed by atoms with E-state index in [9.17, 15) is 45.3 Å². The molecule has 0 bridgehead atoms. The molecule has 4 heterocycles. The van der Waals surface area contributed by atoms with Crippen LogP contribution in [-0.2, 0) is 39.7 Å². The number of carbonyl (C=O) groups excluding carboxylic acids is 2. The second kappa shape index (κ2) is 16.9. The third kappa shape index (κ3) is 8.10. The molecule has 7 N–H and O–H groups in total. The van der Waals surface area contributed by atoms with Crippen molar-refractivity contribution in [3.05, 3.63) is 123 Å². The zero-order chi connectivity index (χ0) is 44.9. The van der Waals surface area contributed by atoms with Gasteiger partial charge in [-0.15, -0.1) is 0 Å². The summed E-state index contributed by atoms with van der Waals surface area (Å²) in [4.78, 5) is 31.7. The Labute approximate surface area is 368 Å². The van der Waals surface area contributed by atoms with E-state index in [0.29, 0.717) is 17.7 Å². The summed E-state index contributed by atoms with van der Waals surface area (Å²) < 4.78 is 26.4. The number of aryl methyl sites for hydroxylation is 1. The van der Waals surface area contributed by atoms with Gasteiger partial charge in [0.1, 0.15) is 29.0 Å². The van der Waals surface area contributed by atoms with E-state index in [0.717, 1.165) is 42.1 Å². The number of esters is 2. The topological polar surface area (TPSA) is 234 Å². The smallest absolute Gasteiger partial charge is 0.339 e. The number of piperidine rings is 1. The number of hydrogen-bond acceptors (Lipinski definition) is 15. The molecule has 17 heteroatoms. The molecule has 63 heavy (non-hydrogen) atoms. The predicted octanol–water partition coefficient (Wildman–Crippen LogP) is 6.44. The molecule has 5 atom stereocenters. The average molecular weight is 927 g/mol. The summed E-state index contributed by atoms with van der Waals surface area (Å²) in [7, 11) is 6.07. The number of phenols is 7. The minimum Gasteiger partial charge on any atom is -0.508 e. The predicted molar refractivity (Wildman–Crippen MR) is 229 cm³/mol. The van der Waals surface area contributed by atoms with Gasteiger partial charge in [0.15, 0.2) is 34.9 Å². The fraction of sp³-hybridized carbons (Fsp3) is 0.283. The third-order valence-corrected chi connectivity index (χ3v) is 12.4. The van der Waals surface area contributed by atoms with Gasteiger partial charge in [0.2, 0.25) is 0 Å². The number of likely N-dealkylation sites (N-methyl/N-ethyl adjacent to an activating group) is 1. The van der Waals surface area contributed by atoms with Crippen molar-refractivity contribution in [3.8, 4) is 46.0 Å². The van der Waals surface area contributed by atoms with Crippen LogP contribution in [0.15, 0.2) is 89.8 Å². The Morgan fingerprint density at radius 2 is 1.62 bits per heavy atom. The first-order chi connectivity index (χ1) is 30.1. The van der Waals surface area contributed by atoms with Crippen LogP contribution in [0.3, 0.4) is 0 Å². The molecular formula is C46H44BrN3O13. The van der Waals surface area contributed by atoms with Gasteiger partial charge < -0.3 is 59.3 Å². The van der Waals surface area contributed by atoms with E-state index < -0.39 is 46.8 Å². The van der Waals surface area contributed by atoms with Crippen LogP contribution in [0.5, 0.6) is 46.0 Å². The number of carbonyl (C=O) groups is 2. The third-order valence-electron chi connectivity index (χ3n) is 12.0. The van der Waals surface area contributed by atoms with Gasteiger partial charge in [0.05, 0.1) is 17.7 Å². The second-order valence-corrected chi connectivity index (χ2v) is 16.9. The Morgan fingerprint density at radius 3 is 2.33 bits per heavy atom. The maximum atomic E-state index is 12.7. The summed E-state index contributed by atoms with van der Waals surface area (Å²) in [6, 6.07) is 16.5. The number of aromatic hydroxyl groups is 7. The molecule has 0 amide bonds. The van der Waals surface area contributed by atoms with Crippen molar-refractivity contribution in [1.29, 1.82) is 0 Å². The molecule has 2 aliphatic heterocycles. The zero-order valence-corrected chi connectivity index (χ0v) is 35.8. The SMILES string of the molecule is COC12CC(COC(=O)c3cncc(Br)c3)CN(C)C1Cc1cn(C)c3cccc2c13.O=C(OC1Cc2c(O)cc(O)cc2OC1c1ccc(O)c(O)c1)c1cc(O)c(O)c(O)c1. The number of aromatic nitrogens is 2. The van der Waals surface area contributed by atoms with E-state index in [-0.39, 0.29) is 58.5 Å². The standard InChI is InChI=1S/C24H26BrN3O3.C22H18O10/c1-27-13-17-8-21-24(30-3,19-5-4-6-20(27)22(17)19)9-15(12-28(21)2)14-31-23(29)16-7-18(25)11-26-10-16;23-11-6-14(25)12-8-19(32-22(30)10-4-16(27)20(29)17(28)5-10)21(31-18(12)7-11)9-1-2-13(24)15(26)3-9/h4-7,10-11,13,15,21H,8-9,12,14H2,1-3H3;1-7,19,21,23-29H,8H2. The maximum Gasteiger partial charge on any atom is 0.339 e. The van der Waals surface area contributed by atoms with Gasteiger partial charge in [-0.25, -0.2) is 9.59 Å². The van der Waals surface area contributed by atoms with Crippen molar-refractivity contribution < 1.29 is 64.3 Å². The molecule has 1 aliphatic carbocycles. The average Bonchev–Trinajstić information content (AvgIpc) is 3.58. The highest BCUT2D eigenvalue weighted by molar-refractivity contribution is 9.10. The fourth-order valence-corrected chi connectivity index (χ4v) is 9.47. The van der Waals surface area contributed by atoms with Crippen LogP contribution in [-0.4, -0.2) is 102 Å². The van der Waals surface area contributed by atoms with Crippen molar-refractivity contribution in [3.63, 3.8) is 0 Å². The van der Waals surface area contributed by atoms with Crippen LogP contribution in [0.2, 0.25) is 0 Å². The van der Waals surface area contributed by atoms with Crippen molar-refractivity contribution in [1.82, 2.24) is 14.5 Å². The van der Waals surface area contributed by atoms with Crippen LogP contribution in [0, 0.1) is 5.92 Å². The van der Waals surface area contributed by atoms with Gasteiger partial charge in [0, 0.05) is 96.3 Å². The Morgan fingerprint density at radius 1 is 0.857 bits per heavy atom. The van der Waals surface area contributed by atoms with Crippen LogP contribution in [0.4, 0.5) is 0 Å². The second-order valence-electron chi connectivity index (χ2n) is 16.0.